The largest absolute Gasteiger partial charge is 0.465 e. The third kappa shape index (κ3) is 3.70. The minimum atomic E-state index is -4.66. The van der Waals surface area contributed by atoms with Crippen LogP contribution in [0.25, 0.3) is 0 Å². The first-order valence-corrected chi connectivity index (χ1v) is 7.42. The van der Waals surface area contributed by atoms with Crippen LogP contribution in [0.3, 0.4) is 0 Å². The number of hydrogen-bond donors (Lipinski definition) is 1. The first-order chi connectivity index (χ1) is 11.7. The van der Waals surface area contributed by atoms with Crippen LogP contribution in [0.2, 0.25) is 0 Å². The lowest BCUT2D eigenvalue weighted by Gasteiger charge is -2.27. The van der Waals surface area contributed by atoms with Crippen LogP contribution in [0.4, 0.5) is 22.4 Å². The van der Waals surface area contributed by atoms with Crippen LogP contribution >= 0.6 is 0 Å². The number of carbonyl (C=O) groups is 1. The molecule has 1 aromatic carbocycles. The smallest absolute Gasteiger partial charge is 0.433 e. The van der Waals surface area contributed by atoms with Gasteiger partial charge in [0.1, 0.15) is 11.6 Å². The van der Waals surface area contributed by atoms with Crippen molar-refractivity contribution in [2.24, 2.45) is 0 Å². The van der Waals surface area contributed by atoms with Gasteiger partial charge in [-0.3, -0.25) is 0 Å². The minimum Gasteiger partial charge on any atom is -0.465 e. The van der Waals surface area contributed by atoms with E-state index in [1.54, 1.807) is 0 Å². The molecule has 1 N–H and O–H groups in total. The summed E-state index contributed by atoms with van der Waals surface area (Å²) in [6.07, 6.45) is -5.97. The maximum atomic E-state index is 13.3. The fourth-order valence-electron chi connectivity index (χ4n) is 2.74. The topological polar surface area (TPSA) is 66.3 Å². The Morgan fingerprint density at radius 1 is 1.20 bits per heavy atom. The van der Waals surface area contributed by atoms with E-state index in [9.17, 15) is 22.4 Å². The molecule has 0 fully saturated rings. The minimum absolute atomic E-state index is 0.0102. The zero-order valence-electron chi connectivity index (χ0n) is 12.8. The van der Waals surface area contributed by atoms with Gasteiger partial charge in [0.05, 0.1) is 12.2 Å². The number of rotatable bonds is 2. The number of halogens is 4. The molecule has 1 aromatic heterocycles. The molecule has 1 amide bonds. The van der Waals surface area contributed by atoms with E-state index in [0.717, 1.165) is 4.90 Å². The molecule has 2 aromatic rings. The van der Waals surface area contributed by atoms with Crippen molar-refractivity contribution in [3.63, 3.8) is 0 Å². The molecule has 2 heterocycles. The fourth-order valence-corrected chi connectivity index (χ4v) is 2.74. The third-order valence-electron chi connectivity index (χ3n) is 3.93. The lowest BCUT2D eigenvalue weighted by Crippen LogP contribution is -2.37. The van der Waals surface area contributed by atoms with Crippen molar-refractivity contribution < 1.29 is 27.5 Å². The van der Waals surface area contributed by atoms with Gasteiger partial charge in [0.25, 0.3) is 0 Å². The highest BCUT2D eigenvalue weighted by molar-refractivity contribution is 5.65. The highest BCUT2D eigenvalue weighted by Crippen LogP contribution is 2.34. The van der Waals surface area contributed by atoms with Crippen molar-refractivity contribution >= 4 is 6.09 Å². The molecule has 1 aliphatic heterocycles. The Bertz CT molecular complexity index is 806. The van der Waals surface area contributed by atoms with Gasteiger partial charge in [-0.1, -0.05) is 12.1 Å². The molecule has 5 nitrogen and oxygen atoms in total. The van der Waals surface area contributed by atoms with Gasteiger partial charge in [-0.05, 0) is 24.1 Å². The molecule has 9 heteroatoms. The van der Waals surface area contributed by atoms with E-state index < -0.39 is 23.8 Å². The first kappa shape index (κ1) is 17.1. The lowest BCUT2D eigenvalue weighted by atomic mass is 10.0. The van der Waals surface area contributed by atoms with E-state index in [0.29, 0.717) is 5.56 Å². The van der Waals surface area contributed by atoms with Crippen LogP contribution in [0, 0.1) is 5.82 Å². The maximum Gasteiger partial charge on any atom is 0.433 e. The molecule has 0 saturated carbocycles. The van der Waals surface area contributed by atoms with E-state index in [4.69, 9.17) is 5.11 Å². The van der Waals surface area contributed by atoms with Crippen molar-refractivity contribution in [3.05, 3.63) is 58.4 Å². The van der Waals surface area contributed by atoms with E-state index in [1.807, 2.05) is 0 Å². The summed E-state index contributed by atoms with van der Waals surface area (Å²) < 4.78 is 52.9. The predicted octanol–water partition coefficient (Wildman–Crippen LogP) is 3.26. The molecule has 3 rings (SSSR count). The Balaban J connectivity index is 2.00. The standard InChI is InChI=1S/C16H13F4N3O2/c17-10-3-1-9(2-4-10)7-13-21-12-8-23(15(24)25)6-5-11(12)14(22-13)16(18,19)20/h1-4H,5-8H2,(H,24,25). The van der Waals surface area contributed by atoms with Crippen molar-refractivity contribution in [3.8, 4) is 0 Å². The highest BCUT2D eigenvalue weighted by atomic mass is 19.4. The summed E-state index contributed by atoms with van der Waals surface area (Å²) in [6.45, 7) is -0.251. The number of amides is 1. The zero-order chi connectivity index (χ0) is 18.2. The predicted molar refractivity (Wildman–Crippen MR) is 78.4 cm³/mol. The van der Waals surface area contributed by atoms with Gasteiger partial charge in [-0.25, -0.2) is 19.2 Å². The summed E-state index contributed by atoms with van der Waals surface area (Å²) in [6, 6.07) is 5.28. The zero-order valence-corrected chi connectivity index (χ0v) is 12.8. The molecule has 0 unspecified atom stereocenters. The number of hydrogen-bond acceptors (Lipinski definition) is 3. The average Bonchev–Trinajstić information content (AvgIpc) is 2.54. The second kappa shape index (κ2) is 6.30. The number of alkyl halides is 3. The molecular weight excluding hydrogens is 342 g/mol. The summed E-state index contributed by atoms with van der Waals surface area (Å²) in [4.78, 5) is 19.9. The maximum absolute atomic E-state index is 13.3. The van der Waals surface area contributed by atoms with Gasteiger partial charge in [-0.2, -0.15) is 13.2 Å². The summed E-state index contributed by atoms with van der Waals surface area (Å²) in [5.74, 6) is -0.534. The van der Waals surface area contributed by atoms with Crippen LogP contribution in [-0.4, -0.2) is 32.6 Å². The van der Waals surface area contributed by atoms with E-state index in [2.05, 4.69) is 9.97 Å². The first-order valence-electron chi connectivity index (χ1n) is 7.42. The number of nitrogens with zero attached hydrogens (tertiary/aromatic N) is 3. The van der Waals surface area contributed by atoms with Crippen molar-refractivity contribution in [2.45, 2.75) is 25.6 Å². The Morgan fingerprint density at radius 2 is 1.88 bits per heavy atom. The lowest BCUT2D eigenvalue weighted by molar-refractivity contribution is -0.142. The second-order valence-electron chi connectivity index (χ2n) is 5.67. The molecule has 0 saturated heterocycles. The van der Waals surface area contributed by atoms with Crippen molar-refractivity contribution in [1.82, 2.24) is 14.9 Å². The number of fused-ring (bicyclic) bond motifs is 1. The van der Waals surface area contributed by atoms with Gasteiger partial charge in [0, 0.05) is 18.5 Å². The van der Waals surface area contributed by atoms with Crippen LogP contribution in [0.5, 0.6) is 0 Å². The van der Waals surface area contributed by atoms with Crippen LogP contribution in [0.1, 0.15) is 28.3 Å². The SMILES string of the molecule is O=C(O)N1CCc2c(nc(Cc3ccc(F)cc3)nc2C(F)(F)F)C1. The van der Waals surface area contributed by atoms with Gasteiger partial charge < -0.3 is 10.0 Å². The molecule has 0 spiro atoms. The molecule has 1 aliphatic rings. The normalized spacial score (nSPS) is 14.3. The molecular formula is C16H13F4N3O2. The van der Waals surface area contributed by atoms with Gasteiger partial charge in [0.2, 0.25) is 0 Å². The van der Waals surface area contributed by atoms with Crippen molar-refractivity contribution in [1.29, 1.82) is 0 Å². The van der Waals surface area contributed by atoms with Crippen LogP contribution < -0.4 is 0 Å². The van der Waals surface area contributed by atoms with Gasteiger partial charge >= 0.3 is 12.3 Å². The Hall–Kier alpha value is -2.71. The van der Waals surface area contributed by atoms with Crippen molar-refractivity contribution in [2.75, 3.05) is 6.54 Å². The van der Waals surface area contributed by atoms with E-state index >= 15 is 0 Å². The summed E-state index contributed by atoms with van der Waals surface area (Å²) in [5.41, 5.74) is -0.471. The number of aromatic nitrogens is 2. The Morgan fingerprint density at radius 3 is 2.48 bits per heavy atom. The number of benzene rings is 1. The molecule has 0 aliphatic carbocycles. The Kier molecular flexibility index (Phi) is 4.32. The summed E-state index contributed by atoms with van der Waals surface area (Å²) in [5, 5.41) is 9.05. The number of carboxylic acid groups (broad SMARTS) is 1. The summed E-state index contributed by atoms with van der Waals surface area (Å²) >= 11 is 0. The molecule has 25 heavy (non-hydrogen) atoms. The van der Waals surface area contributed by atoms with E-state index in [-0.39, 0.29) is 43.0 Å². The molecule has 0 atom stereocenters. The summed E-state index contributed by atoms with van der Waals surface area (Å²) in [7, 11) is 0. The molecule has 0 bridgehead atoms. The third-order valence-corrected chi connectivity index (χ3v) is 3.93. The van der Waals surface area contributed by atoms with Gasteiger partial charge in [-0.15, -0.1) is 0 Å². The van der Waals surface area contributed by atoms with Crippen LogP contribution in [-0.2, 0) is 25.6 Å². The second-order valence-corrected chi connectivity index (χ2v) is 5.67. The Labute approximate surface area is 139 Å². The molecule has 132 valence electrons. The average molecular weight is 355 g/mol. The van der Waals surface area contributed by atoms with Gasteiger partial charge in [0.15, 0.2) is 5.69 Å². The van der Waals surface area contributed by atoms with E-state index in [1.165, 1.54) is 24.3 Å². The van der Waals surface area contributed by atoms with Crippen LogP contribution in [0.15, 0.2) is 24.3 Å². The molecule has 0 radical (unpaired) electrons. The highest BCUT2D eigenvalue weighted by Gasteiger charge is 2.39. The quantitative estimate of drug-likeness (QED) is 0.840. The monoisotopic (exact) mass is 355 g/mol. The fraction of sp³-hybridized carbons (Fsp3) is 0.312.